The molecule has 1 aromatic rings. The van der Waals surface area contributed by atoms with Gasteiger partial charge in [-0.15, -0.1) is 0 Å². The first-order chi connectivity index (χ1) is 8.90. The summed E-state index contributed by atoms with van der Waals surface area (Å²) in [4.78, 5) is 11.4. The molecule has 0 aliphatic carbocycles. The molecule has 6 nitrogen and oxygen atoms in total. The Morgan fingerprint density at radius 3 is 2.68 bits per heavy atom. The van der Waals surface area contributed by atoms with Crippen molar-refractivity contribution in [1.29, 1.82) is 0 Å². The van der Waals surface area contributed by atoms with Crippen LogP contribution in [0.5, 0.6) is 5.75 Å². The number of sulfone groups is 1. The number of amides is 1. The fourth-order valence-corrected chi connectivity index (χ4v) is 2.96. The predicted octanol–water partition coefficient (Wildman–Crippen LogP) is 0.577. The van der Waals surface area contributed by atoms with Gasteiger partial charge in [0.05, 0.1) is 12.9 Å². The van der Waals surface area contributed by atoms with Crippen LogP contribution >= 0.6 is 0 Å². The van der Waals surface area contributed by atoms with Crippen molar-refractivity contribution >= 4 is 21.4 Å². The molecular formula is C12H18N2O4S. The van der Waals surface area contributed by atoms with E-state index in [0.29, 0.717) is 12.2 Å². The second-order valence-electron chi connectivity index (χ2n) is 3.93. The van der Waals surface area contributed by atoms with Gasteiger partial charge < -0.3 is 15.8 Å². The van der Waals surface area contributed by atoms with Crippen LogP contribution in [0.3, 0.4) is 0 Å². The summed E-state index contributed by atoms with van der Waals surface area (Å²) >= 11 is 0. The number of ether oxygens (including phenoxy) is 1. The minimum atomic E-state index is -3.57. The van der Waals surface area contributed by atoms with Crippen LogP contribution in [-0.2, 0) is 14.6 Å². The largest absolute Gasteiger partial charge is 0.495 e. The average molecular weight is 286 g/mol. The highest BCUT2D eigenvalue weighted by atomic mass is 32.2. The molecule has 0 spiro atoms. The lowest BCUT2D eigenvalue weighted by Crippen LogP contribution is -2.25. The highest BCUT2D eigenvalue weighted by Crippen LogP contribution is 2.27. The van der Waals surface area contributed by atoms with Crippen molar-refractivity contribution < 1.29 is 17.9 Å². The van der Waals surface area contributed by atoms with Gasteiger partial charge in [0, 0.05) is 24.7 Å². The molecule has 0 bridgehead atoms. The first kappa shape index (κ1) is 15.3. The molecule has 0 aliphatic heterocycles. The van der Waals surface area contributed by atoms with Gasteiger partial charge in [-0.05, 0) is 19.1 Å². The summed E-state index contributed by atoms with van der Waals surface area (Å²) in [7, 11) is -2.20. The molecule has 19 heavy (non-hydrogen) atoms. The molecule has 0 aliphatic rings. The quantitative estimate of drug-likeness (QED) is 0.745. The smallest absolute Gasteiger partial charge is 0.221 e. The van der Waals surface area contributed by atoms with Gasteiger partial charge in [0.25, 0.3) is 0 Å². The van der Waals surface area contributed by atoms with Crippen molar-refractivity contribution in [2.24, 2.45) is 0 Å². The number of benzene rings is 1. The van der Waals surface area contributed by atoms with E-state index in [4.69, 9.17) is 10.5 Å². The average Bonchev–Trinajstić information content (AvgIpc) is 2.36. The molecule has 0 aromatic heterocycles. The molecular weight excluding hydrogens is 268 g/mol. The summed E-state index contributed by atoms with van der Waals surface area (Å²) in [5, 5.41) is 2.55. The Balaban J connectivity index is 2.91. The Hall–Kier alpha value is -1.76. The normalized spacial score (nSPS) is 11.1. The number of carbonyl (C=O) groups excluding carboxylic acids is 1. The second-order valence-corrected chi connectivity index (χ2v) is 6.01. The van der Waals surface area contributed by atoms with Crippen molar-refractivity contribution in [2.45, 2.75) is 18.2 Å². The van der Waals surface area contributed by atoms with Crippen LogP contribution in [0.25, 0.3) is 0 Å². The lowest BCUT2D eigenvalue weighted by molar-refractivity contribution is -0.120. The van der Waals surface area contributed by atoms with Crippen LogP contribution in [-0.4, -0.2) is 33.7 Å². The van der Waals surface area contributed by atoms with Crippen molar-refractivity contribution in [3.05, 3.63) is 18.2 Å². The molecule has 3 N–H and O–H groups in total. The van der Waals surface area contributed by atoms with Gasteiger partial charge in [-0.1, -0.05) is 0 Å². The number of methoxy groups -OCH3 is 1. The number of nitrogen functional groups attached to an aromatic ring is 1. The number of nitrogens with one attached hydrogen (secondary N) is 1. The van der Waals surface area contributed by atoms with Crippen molar-refractivity contribution in [2.75, 3.05) is 25.1 Å². The first-order valence-electron chi connectivity index (χ1n) is 5.83. The summed E-state index contributed by atoms with van der Waals surface area (Å²) in [6.07, 6.45) is -0.0797. The minimum Gasteiger partial charge on any atom is -0.495 e. The number of nitrogens with two attached hydrogens (primary N) is 1. The third-order valence-electron chi connectivity index (χ3n) is 2.49. The molecule has 7 heteroatoms. The number of hydrogen-bond donors (Lipinski definition) is 2. The van der Waals surface area contributed by atoms with Gasteiger partial charge in [0.2, 0.25) is 5.91 Å². The van der Waals surface area contributed by atoms with Crippen LogP contribution in [0.1, 0.15) is 13.3 Å². The Morgan fingerprint density at radius 1 is 1.42 bits per heavy atom. The van der Waals surface area contributed by atoms with Gasteiger partial charge in [-0.25, -0.2) is 8.42 Å². The van der Waals surface area contributed by atoms with Crippen LogP contribution in [0.15, 0.2) is 23.1 Å². The van der Waals surface area contributed by atoms with Gasteiger partial charge in [-0.3, -0.25) is 4.79 Å². The SMILES string of the molecule is CCNC(=O)CCS(=O)(=O)c1ccc(N)cc1OC. The number of carbonyl (C=O) groups is 1. The number of hydrogen-bond acceptors (Lipinski definition) is 5. The monoisotopic (exact) mass is 286 g/mol. The zero-order valence-electron chi connectivity index (χ0n) is 11.0. The molecule has 0 saturated carbocycles. The predicted molar refractivity (Wildman–Crippen MR) is 72.8 cm³/mol. The van der Waals surface area contributed by atoms with E-state index in [1.165, 1.54) is 25.3 Å². The second kappa shape index (κ2) is 6.42. The van der Waals surface area contributed by atoms with E-state index in [9.17, 15) is 13.2 Å². The van der Waals surface area contributed by atoms with Gasteiger partial charge in [-0.2, -0.15) is 0 Å². The highest BCUT2D eigenvalue weighted by Gasteiger charge is 2.20. The molecule has 106 valence electrons. The molecule has 1 amide bonds. The fourth-order valence-electron chi connectivity index (χ4n) is 1.56. The van der Waals surface area contributed by atoms with E-state index in [1.54, 1.807) is 6.92 Å². The molecule has 0 heterocycles. The summed E-state index contributed by atoms with van der Waals surface area (Å²) < 4.78 is 29.3. The minimum absolute atomic E-state index is 0.0495. The number of rotatable bonds is 6. The third-order valence-corrected chi connectivity index (χ3v) is 4.24. The summed E-state index contributed by atoms with van der Waals surface area (Å²) in [6.45, 7) is 2.25. The Morgan fingerprint density at radius 2 is 2.11 bits per heavy atom. The van der Waals surface area contributed by atoms with E-state index >= 15 is 0 Å². The summed E-state index contributed by atoms with van der Waals surface area (Å²) in [6, 6.07) is 4.32. The van der Waals surface area contributed by atoms with Crippen molar-refractivity contribution in [3.8, 4) is 5.75 Å². The van der Waals surface area contributed by atoms with E-state index in [2.05, 4.69) is 5.32 Å². The molecule has 0 atom stereocenters. The molecule has 0 radical (unpaired) electrons. The van der Waals surface area contributed by atoms with Crippen LogP contribution < -0.4 is 15.8 Å². The Bertz CT molecular complexity index is 555. The van der Waals surface area contributed by atoms with Gasteiger partial charge in [0.1, 0.15) is 10.6 Å². The zero-order chi connectivity index (χ0) is 14.5. The van der Waals surface area contributed by atoms with Crippen LogP contribution in [0.2, 0.25) is 0 Å². The highest BCUT2D eigenvalue weighted by molar-refractivity contribution is 7.91. The van der Waals surface area contributed by atoms with Gasteiger partial charge >= 0.3 is 0 Å². The summed E-state index contributed by atoms with van der Waals surface area (Å²) in [5.41, 5.74) is 5.99. The zero-order valence-corrected chi connectivity index (χ0v) is 11.8. The van der Waals surface area contributed by atoms with E-state index in [0.717, 1.165) is 0 Å². The topological polar surface area (TPSA) is 98.5 Å². The maximum atomic E-state index is 12.1. The Labute approximate surface area is 112 Å². The molecule has 1 aromatic carbocycles. The summed E-state index contributed by atoms with van der Waals surface area (Å²) in [5.74, 6) is -0.365. The Kier molecular flexibility index (Phi) is 5.17. The maximum Gasteiger partial charge on any atom is 0.221 e. The van der Waals surface area contributed by atoms with Gasteiger partial charge in [0.15, 0.2) is 9.84 Å². The molecule has 1 rings (SSSR count). The van der Waals surface area contributed by atoms with E-state index < -0.39 is 9.84 Å². The number of anilines is 1. The lowest BCUT2D eigenvalue weighted by atomic mass is 10.3. The standard InChI is InChI=1S/C12H18N2O4S/c1-3-14-12(15)6-7-19(16,17)11-5-4-9(13)8-10(11)18-2/h4-5,8H,3,6-7,13H2,1-2H3,(H,14,15). The molecule has 0 unspecified atom stereocenters. The first-order valence-corrected chi connectivity index (χ1v) is 7.49. The maximum absolute atomic E-state index is 12.1. The fraction of sp³-hybridized carbons (Fsp3) is 0.417. The molecule has 0 saturated heterocycles. The van der Waals surface area contributed by atoms with Crippen LogP contribution in [0, 0.1) is 0 Å². The van der Waals surface area contributed by atoms with Crippen molar-refractivity contribution in [1.82, 2.24) is 5.32 Å². The molecule has 0 fully saturated rings. The van der Waals surface area contributed by atoms with Crippen molar-refractivity contribution in [3.63, 3.8) is 0 Å². The van der Waals surface area contributed by atoms with E-state index in [-0.39, 0.29) is 28.7 Å². The van der Waals surface area contributed by atoms with Crippen LogP contribution in [0.4, 0.5) is 5.69 Å². The van der Waals surface area contributed by atoms with E-state index in [1.807, 2.05) is 0 Å². The lowest BCUT2D eigenvalue weighted by Gasteiger charge is -2.10. The third kappa shape index (κ3) is 4.13.